The van der Waals surface area contributed by atoms with Crippen LogP contribution < -0.4 is 5.32 Å². The minimum atomic E-state index is -4.41. The zero-order valence-corrected chi connectivity index (χ0v) is 20.9. The SMILES string of the molecule is C[C@@H](NC(=O)[C@@H]1CCCN1S(=O)(=O)c1ccc(Cl)s1)c1cccc(-c2ccc(C(F)(F)F)cc2)c1. The van der Waals surface area contributed by atoms with Crippen molar-refractivity contribution in [2.75, 3.05) is 6.54 Å². The van der Waals surface area contributed by atoms with Gasteiger partial charge in [0.25, 0.3) is 10.0 Å². The van der Waals surface area contributed by atoms with Crippen molar-refractivity contribution in [2.24, 2.45) is 0 Å². The first-order valence-corrected chi connectivity index (χ1v) is 13.5. The Balaban J connectivity index is 1.49. The average Bonchev–Trinajstić information content (AvgIpc) is 3.49. The van der Waals surface area contributed by atoms with Crippen LogP contribution >= 0.6 is 22.9 Å². The number of benzene rings is 2. The Kier molecular flexibility index (Phi) is 7.28. The molecule has 0 bridgehead atoms. The van der Waals surface area contributed by atoms with Gasteiger partial charge in [0.05, 0.1) is 15.9 Å². The predicted octanol–water partition coefficient (Wildman–Crippen LogP) is 6.12. The number of rotatable bonds is 6. The molecule has 2 heterocycles. The molecule has 0 saturated carbocycles. The third kappa shape index (κ3) is 5.55. The van der Waals surface area contributed by atoms with Crippen molar-refractivity contribution < 1.29 is 26.4 Å². The summed E-state index contributed by atoms with van der Waals surface area (Å²) in [6, 6.07) is 13.7. The van der Waals surface area contributed by atoms with Crippen LogP contribution in [0.4, 0.5) is 13.2 Å². The molecule has 11 heteroatoms. The van der Waals surface area contributed by atoms with E-state index in [9.17, 15) is 26.4 Å². The number of nitrogens with one attached hydrogen (secondary N) is 1. The molecule has 1 aliphatic rings. The molecule has 1 aliphatic heterocycles. The number of carbonyl (C=O) groups excluding carboxylic acids is 1. The molecule has 3 aromatic rings. The van der Waals surface area contributed by atoms with E-state index in [4.69, 9.17) is 11.6 Å². The molecule has 4 rings (SSSR count). The van der Waals surface area contributed by atoms with Gasteiger partial charge in [0.15, 0.2) is 0 Å². The van der Waals surface area contributed by atoms with Crippen LogP contribution in [0.1, 0.15) is 36.9 Å². The molecule has 2 aromatic carbocycles. The summed E-state index contributed by atoms with van der Waals surface area (Å²) >= 11 is 6.85. The molecule has 0 aliphatic carbocycles. The highest BCUT2D eigenvalue weighted by molar-refractivity contribution is 7.91. The van der Waals surface area contributed by atoms with E-state index in [1.165, 1.54) is 28.6 Å². The zero-order chi connectivity index (χ0) is 25.4. The van der Waals surface area contributed by atoms with Crippen molar-refractivity contribution in [2.45, 2.75) is 42.2 Å². The van der Waals surface area contributed by atoms with Crippen molar-refractivity contribution >= 4 is 38.9 Å². The molecule has 0 unspecified atom stereocenters. The molecule has 186 valence electrons. The van der Waals surface area contributed by atoms with Crippen molar-refractivity contribution in [3.05, 3.63) is 76.1 Å². The van der Waals surface area contributed by atoms with E-state index in [-0.39, 0.29) is 10.8 Å². The molecule has 1 aromatic heterocycles. The zero-order valence-electron chi connectivity index (χ0n) is 18.5. The quantitative estimate of drug-likeness (QED) is 0.408. The van der Waals surface area contributed by atoms with E-state index in [0.29, 0.717) is 28.3 Å². The van der Waals surface area contributed by atoms with Crippen LogP contribution in [0.3, 0.4) is 0 Å². The Morgan fingerprint density at radius 3 is 2.46 bits per heavy atom. The first-order valence-electron chi connectivity index (χ1n) is 10.8. The van der Waals surface area contributed by atoms with Crippen LogP contribution in [0.15, 0.2) is 64.9 Å². The maximum atomic E-state index is 13.1. The van der Waals surface area contributed by atoms with Crippen LogP contribution in [-0.4, -0.2) is 31.2 Å². The van der Waals surface area contributed by atoms with Crippen molar-refractivity contribution in [3.8, 4) is 11.1 Å². The summed E-state index contributed by atoms with van der Waals surface area (Å²) in [6.07, 6.45) is -3.44. The summed E-state index contributed by atoms with van der Waals surface area (Å²) in [6.45, 7) is 2.02. The van der Waals surface area contributed by atoms with Crippen molar-refractivity contribution in [3.63, 3.8) is 0 Å². The monoisotopic (exact) mass is 542 g/mol. The number of hydrogen-bond acceptors (Lipinski definition) is 4. The van der Waals surface area contributed by atoms with Gasteiger partial charge < -0.3 is 5.32 Å². The Labute approximate surface area is 210 Å². The molecular formula is C24H22ClF3N2O3S2. The Bertz CT molecular complexity index is 1320. The number of thiophene rings is 1. The molecule has 1 fully saturated rings. The predicted molar refractivity (Wildman–Crippen MR) is 130 cm³/mol. The molecule has 0 spiro atoms. The van der Waals surface area contributed by atoms with E-state index in [1.807, 2.05) is 0 Å². The largest absolute Gasteiger partial charge is 0.416 e. The minimum Gasteiger partial charge on any atom is -0.348 e. The van der Waals surface area contributed by atoms with Gasteiger partial charge in [0, 0.05) is 6.54 Å². The van der Waals surface area contributed by atoms with Crippen molar-refractivity contribution in [1.82, 2.24) is 9.62 Å². The van der Waals surface area contributed by atoms with Gasteiger partial charge in [-0.3, -0.25) is 4.79 Å². The van der Waals surface area contributed by atoms with Crippen LogP contribution in [0.5, 0.6) is 0 Å². The first kappa shape index (κ1) is 25.7. The smallest absolute Gasteiger partial charge is 0.348 e. The van der Waals surface area contributed by atoms with Gasteiger partial charge >= 0.3 is 6.18 Å². The molecular weight excluding hydrogens is 521 g/mol. The van der Waals surface area contributed by atoms with E-state index in [0.717, 1.165) is 29.0 Å². The molecule has 5 nitrogen and oxygen atoms in total. The molecule has 2 atom stereocenters. The highest BCUT2D eigenvalue weighted by atomic mass is 35.5. The maximum absolute atomic E-state index is 13.1. The second-order valence-electron chi connectivity index (χ2n) is 8.26. The number of amides is 1. The number of sulfonamides is 1. The fraction of sp³-hybridized carbons (Fsp3) is 0.292. The second kappa shape index (κ2) is 9.93. The summed E-state index contributed by atoms with van der Waals surface area (Å²) in [5.41, 5.74) is 1.34. The highest BCUT2D eigenvalue weighted by Crippen LogP contribution is 2.33. The number of carbonyl (C=O) groups is 1. The van der Waals surface area contributed by atoms with Gasteiger partial charge in [-0.2, -0.15) is 17.5 Å². The summed E-state index contributed by atoms with van der Waals surface area (Å²) in [5.74, 6) is -0.402. The van der Waals surface area contributed by atoms with Crippen LogP contribution in [0.2, 0.25) is 4.34 Å². The van der Waals surface area contributed by atoms with Gasteiger partial charge in [0.2, 0.25) is 5.91 Å². The topological polar surface area (TPSA) is 66.5 Å². The Morgan fingerprint density at radius 2 is 1.83 bits per heavy atom. The number of alkyl halides is 3. The van der Waals surface area contributed by atoms with Gasteiger partial charge in [-0.25, -0.2) is 8.42 Å². The average molecular weight is 543 g/mol. The van der Waals surface area contributed by atoms with E-state index in [1.54, 1.807) is 31.2 Å². The highest BCUT2D eigenvalue weighted by Gasteiger charge is 2.40. The van der Waals surface area contributed by atoms with Crippen molar-refractivity contribution in [1.29, 1.82) is 0 Å². The lowest BCUT2D eigenvalue weighted by atomic mass is 9.99. The van der Waals surface area contributed by atoms with Crippen LogP contribution in [0, 0.1) is 0 Å². The standard InChI is InChI=1S/C24H22ClF3N2O3S2/c1-15(17-4-2-5-18(14-17)16-7-9-19(10-8-16)24(26,27)28)29-23(31)20-6-3-13-30(20)35(32,33)22-12-11-21(25)34-22/h2,4-5,7-12,14-15,20H,3,6,13H2,1H3,(H,29,31)/t15-,20+/m1/s1. The molecule has 1 amide bonds. The van der Waals surface area contributed by atoms with E-state index < -0.39 is 39.8 Å². The fourth-order valence-corrected chi connectivity index (χ4v) is 7.34. The molecule has 1 N–H and O–H groups in total. The van der Waals surface area contributed by atoms with Crippen LogP contribution in [0.25, 0.3) is 11.1 Å². The normalized spacial score (nSPS) is 17.9. The lowest BCUT2D eigenvalue weighted by Crippen LogP contribution is -2.46. The van der Waals surface area contributed by atoms with Crippen LogP contribution in [-0.2, 0) is 21.0 Å². The Morgan fingerprint density at radius 1 is 1.11 bits per heavy atom. The van der Waals surface area contributed by atoms with Gasteiger partial charge in [-0.1, -0.05) is 41.9 Å². The second-order valence-corrected chi connectivity index (χ2v) is 12.1. The lowest BCUT2D eigenvalue weighted by Gasteiger charge is -2.24. The lowest BCUT2D eigenvalue weighted by molar-refractivity contribution is -0.137. The number of nitrogens with zero attached hydrogens (tertiary/aromatic N) is 1. The third-order valence-corrected chi connectivity index (χ3v) is 9.52. The maximum Gasteiger partial charge on any atom is 0.416 e. The number of hydrogen-bond donors (Lipinski definition) is 1. The van der Waals surface area contributed by atoms with Gasteiger partial charge in [-0.15, -0.1) is 11.3 Å². The fourth-order valence-electron chi connectivity index (χ4n) is 4.07. The number of halogens is 4. The van der Waals surface area contributed by atoms with Gasteiger partial charge in [0.1, 0.15) is 10.3 Å². The molecule has 1 saturated heterocycles. The summed E-state index contributed by atoms with van der Waals surface area (Å²) in [4.78, 5) is 13.1. The van der Waals surface area contributed by atoms with E-state index in [2.05, 4.69) is 5.32 Å². The minimum absolute atomic E-state index is 0.0968. The summed E-state index contributed by atoms with van der Waals surface area (Å²) in [7, 11) is -3.84. The van der Waals surface area contributed by atoms with Gasteiger partial charge in [-0.05, 0) is 66.8 Å². The third-order valence-electron chi connectivity index (χ3n) is 5.91. The van der Waals surface area contributed by atoms with E-state index >= 15 is 0 Å². The first-order chi connectivity index (χ1) is 16.5. The molecule has 35 heavy (non-hydrogen) atoms. The Hall–Kier alpha value is -2.40. The summed E-state index contributed by atoms with van der Waals surface area (Å²) < 4.78 is 66.3. The molecule has 0 radical (unpaired) electrons. The summed E-state index contributed by atoms with van der Waals surface area (Å²) in [5, 5.41) is 2.89.